The standard InChI is InChI=1S/C23H28N4O/c1-2-12-27(17-18-8-9-20-16-24-25-22(20)15-18)21-10-13-26(14-11-21)23(28)19-6-4-3-5-7-19/h3-9,15-16,21H,2,10-14,17H2,1H3,(H,24,25). The largest absolute Gasteiger partial charge is 0.339 e. The number of nitrogens with one attached hydrogen (secondary N) is 1. The molecule has 5 heteroatoms. The van der Waals surface area contributed by atoms with E-state index in [2.05, 4.69) is 40.2 Å². The molecule has 1 aromatic heterocycles. The van der Waals surface area contributed by atoms with E-state index in [0.29, 0.717) is 6.04 Å². The van der Waals surface area contributed by atoms with Crippen LogP contribution in [0.5, 0.6) is 0 Å². The third-order valence-corrected chi connectivity index (χ3v) is 5.69. The molecule has 1 aliphatic heterocycles. The summed E-state index contributed by atoms with van der Waals surface area (Å²) in [5.41, 5.74) is 3.20. The van der Waals surface area contributed by atoms with E-state index in [-0.39, 0.29) is 5.91 Å². The summed E-state index contributed by atoms with van der Waals surface area (Å²) in [5, 5.41) is 8.34. The van der Waals surface area contributed by atoms with Crippen molar-refractivity contribution in [1.82, 2.24) is 20.0 Å². The van der Waals surface area contributed by atoms with Crippen LogP contribution in [0.25, 0.3) is 10.9 Å². The number of amides is 1. The van der Waals surface area contributed by atoms with E-state index in [1.807, 2.05) is 41.4 Å². The van der Waals surface area contributed by atoms with Gasteiger partial charge in [-0.05, 0) is 49.6 Å². The molecule has 0 aliphatic carbocycles. The Hall–Kier alpha value is -2.66. The number of carbonyl (C=O) groups excluding carboxylic acids is 1. The van der Waals surface area contributed by atoms with Gasteiger partial charge in [0.2, 0.25) is 0 Å². The van der Waals surface area contributed by atoms with Gasteiger partial charge in [0.25, 0.3) is 5.91 Å². The van der Waals surface area contributed by atoms with Gasteiger partial charge in [-0.3, -0.25) is 14.8 Å². The zero-order valence-electron chi connectivity index (χ0n) is 16.5. The summed E-state index contributed by atoms with van der Waals surface area (Å²) in [7, 11) is 0. The molecular weight excluding hydrogens is 348 g/mol. The van der Waals surface area contributed by atoms with Crippen LogP contribution in [0.2, 0.25) is 0 Å². The molecule has 0 radical (unpaired) electrons. The summed E-state index contributed by atoms with van der Waals surface area (Å²) in [6.45, 7) is 5.92. The van der Waals surface area contributed by atoms with Crippen molar-refractivity contribution in [2.75, 3.05) is 19.6 Å². The van der Waals surface area contributed by atoms with Gasteiger partial charge in [-0.1, -0.05) is 37.3 Å². The minimum atomic E-state index is 0.158. The molecule has 5 nitrogen and oxygen atoms in total. The van der Waals surface area contributed by atoms with E-state index in [4.69, 9.17) is 0 Å². The van der Waals surface area contributed by atoms with Crippen LogP contribution in [-0.4, -0.2) is 51.6 Å². The van der Waals surface area contributed by atoms with Crippen LogP contribution in [0.4, 0.5) is 0 Å². The van der Waals surface area contributed by atoms with Crippen LogP contribution in [-0.2, 0) is 6.54 Å². The molecule has 28 heavy (non-hydrogen) atoms. The van der Waals surface area contributed by atoms with Crippen LogP contribution < -0.4 is 0 Å². The Kier molecular flexibility index (Phi) is 5.72. The Labute approximate surface area is 166 Å². The fourth-order valence-electron chi connectivity index (χ4n) is 4.19. The Balaban J connectivity index is 1.39. The summed E-state index contributed by atoms with van der Waals surface area (Å²) >= 11 is 0. The molecule has 1 aliphatic rings. The molecule has 3 aromatic rings. The fourth-order valence-corrected chi connectivity index (χ4v) is 4.19. The van der Waals surface area contributed by atoms with Crippen LogP contribution in [0.1, 0.15) is 42.1 Å². The van der Waals surface area contributed by atoms with E-state index >= 15 is 0 Å². The number of hydrogen-bond acceptors (Lipinski definition) is 3. The van der Waals surface area contributed by atoms with Crippen molar-refractivity contribution in [2.45, 2.75) is 38.8 Å². The molecule has 146 valence electrons. The third kappa shape index (κ3) is 4.09. The first kappa shape index (κ1) is 18.7. The summed E-state index contributed by atoms with van der Waals surface area (Å²) in [4.78, 5) is 17.3. The van der Waals surface area contributed by atoms with Crippen molar-refractivity contribution < 1.29 is 4.79 Å². The molecule has 0 bridgehead atoms. The van der Waals surface area contributed by atoms with Crippen LogP contribution >= 0.6 is 0 Å². The van der Waals surface area contributed by atoms with Gasteiger partial charge < -0.3 is 4.90 Å². The minimum Gasteiger partial charge on any atom is -0.339 e. The number of likely N-dealkylation sites (tertiary alicyclic amines) is 1. The van der Waals surface area contributed by atoms with Crippen molar-refractivity contribution in [3.8, 4) is 0 Å². The number of piperidine rings is 1. The molecule has 0 atom stereocenters. The first-order valence-electron chi connectivity index (χ1n) is 10.2. The lowest BCUT2D eigenvalue weighted by Gasteiger charge is -2.38. The monoisotopic (exact) mass is 376 g/mol. The SMILES string of the molecule is CCCN(Cc1ccc2cn[nH]c2c1)C1CCN(C(=O)c2ccccc2)CC1. The highest BCUT2D eigenvalue weighted by molar-refractivity contribution is 5.94. The van der Waals surface area contributed by atoms with Gasteiger partial charge in [0.15, 0.2) is 0 Å². The van der Waals surface area contributed by atoms with Gasteiger partial charge in [-0.2, -0.15) is 5.10 Å². The lowest BCUT2D eigenvalue weighted by molar-refractivity contribution is 0.0607. The predicted molar refractivity (Wildman–Crippen MR) is 112 cm³/mol. The summed E-state index contributed by atoms with van der Waals surface area (Å²) in [6, 6.07) is 16.7. The summed E-state index contributed by atoms with van der Waals surface area (Å²) < 4.78 is 0. The van der Waals surface area contributed by atoms with E-state index in [9.17, 15) is 4.79 Å². The third-order valence-electron chi connectivity index (χ3n) is 5.69. The number of hydrogen-bond donors (Lipinski definition) is 1. The molecule has 4 rings (SSSR count). The van der Waals surface area contributed by atoms with Gasteiger partial charge in [-0.25, -0.2) is 0 Å². The molecule has 1 saturated heterocycles. The average molecular weight is 377 g/mol. The fraction of sp³-hybridized carbons (Fsp3) is 0.391. The Morgan fingerprint density at radius 1 is 1.18 bits per heavy atom. The van der Waals surface area contributed by atoms with E-state index < -0.39 is 0 Å². The maximum absolute atomic E-state index is 12.7. The molecule has 2 heterocycles. The summed E-state index contributed by atoms with van der Waals surface area (Å²) in [6.07, 6.45) is 5.06. The van der Waals surface area contributed by atoms with Crippen molar-refractivity contribution in [3.63, 3.8) is 0 Å². The zero-order valence-corrected chi connectivity index (χ0v) is 16.5. The molecule has 2 aromatic carbocycles. The van der Waals surface area contributed by atoms with Gasteiger partial charge in [-0.15, -0.1) is 0 Å². The Morgan fingerprint density at radius 3 is 2.71 bits per heavy atom. The van der Waals surface area contributed by atoms with Crippen LogP contribution in [0, 0.1) is 0 Å². The molecule has 1 fully saturated rings. The van der Waals surface area contributed by atoms with E-state index in [0.717, 1.165) is 61.9 Å². The molecule has 1 N–H and O–H groups in total. The van der Waals surface area contributed by atoms with Gasteiger partial charge in [0, 0.05) is 36.6 Å². The number of H-pyrrole nitrogens is 1. The second-order valence-corrected chi connectivity index (χ2v) is 7.65. The number of rotatable bonds is 6. The van der Waals surface area contributed by atoms with Crippen molar-refractivity contribution in [1.29, 1.82) is 0 Å². The Morgan fingerprint density at radius 2 is 1.96 bits per heavy atom. The van der Waals surface area contributed by atoms with E-state index in [1.165, 1.54) is 5.56 Å². The molecule has 0 unspecified atom stereocenters. The summed E-state index contributed by atoms with van der Waals surface area (Å²) in [5.74, 6) is 0.158. The van der Waals surface area contributed by atoms with Crippen molar-refractivity contribution in [2.24, 2.45) is 0 Å². The van der Waals surface area contributed by atoms with Gasteiger partial charge in [0.1, 0.15) is 0 Å². The topological polar surface area (TPSA) is 52.2 Å². The number of aromatic nitrogens is 2. The first-order chi connectivity index (χ1) is 13.7. The van der Waals surface area contributed by atoms with Gasteiger partial charge in [0.05, 0.1) is 11.7 Å². The van der Waals surface area contributed by atoms with Crippen LogP contribution in [0.15, 0.2) is 54.7 Å². The zero-order chi connectivity index (χ0) is 19.3. The predicted octanol–water partition coefficient (Wildman–Crippen LogP) is 4.08. The lowest BCUT2D eigenvalue weighted by Crippen LogP contribution is -2.46. The molecule has 0 saturated carbocycles. The molecule has 0 spiro atoms. The second kappa shape index (κ2) is 8.57. The first-order valence-corrected chi connectivity index (χ1v) is 10.2. The minimum absolute atomic E-state index is 0.158. The highest BCUT2D eigenvalue weighted by Crippen LogP contribution is 2.22. The lowest BCUT2D eigenvalue weighted by atomic mass is 10.0. The van der Waals surface area contributed by atoms with Crippen molar-refractivity contribution in [3.05, 3.63) is 65.9 Å². The number of carbonyl (C=O) groups is 1. The van der Waals surface area contributed by atoms with Gasteiger partial charge >= 0.3 is 0 Å². The highest BCUT2D eigenvalue weighted by Gasteiger charge is 2.27. The number of nitrogens with zero attached hydrogens (tertiary/aromatic N) is 3. The molecular formula is C23H28N4O. The molecule has 1 amide bonds. The highest BCUT2D eigenvalue weighted by atomic mass is 16.2. The normalized spacial score (nSPS) is 15.4. The van der Waals surface area contributed by atoms with E-state index in [1.54, 1.807) is 0 Å². The smallest absolute Gasteiger partial charge is 0.253 e. The van der Waals surface area contributed by atoms with Crippen LogP contribution in [0.3, 0.4) is 0 Å². The second-order valence-electron chi connectivity index (χ2n) is 7.65. The Bertz CT molecular complexity index is 913. The maximum atomic E-state index is 12.7. The van der Waals surface area contributed by atoms with Crippen molar-refractivity contribution >= 4 is 16.8 Å². The maximum Gasteiger partial charge on any atom is 0.253 e. The number of aromatic amines is 1. The quantitative estimate of drug-likeness (QED) is 0.705. The average Bonchev–Trinajstić information content (AvgIpc) is 3.22. The number of benzene rings is 2. The number of fused-ring (bicyclic) bond motifs is 1.